The first-order valence-corrected chi connectivity index (χ1v) is 6.51. The Balaban J connectivity index is 1.62. The number of hydrogen-bond acceptors (Lipinski definition) is 2. The van der Waals surface area contributed by atoms with Crippen LogP contribution in [0.4, 0.5) is 0 Å². The van der Waals surface area contributed by atoms with Crippen molar-refractivity contribution in [2.45, 2.75) is 51.0 Å². The second-order valence-electron chi connectivity index (χ2n) is 4.99. The monoisotopic (exact) mass is 208 g/mol. The summed E-state index contributed by atoms with van der Waals surface area (Å²) >= 11 is 0. The molecular weight excluding hydrogens is 184 g/mol. The maximum Gasteiger partial charge on any atom is 0.0218 e. The molecule has 0 spiro atoms. The highest BCUT2D eigenvalue weighted by Crippen LogP contribution is 2.29. The first kappa shape index (κ1) is 11.2. The standard InChI is InChI=1S/C13H24N2/c14-10-13(12-6-3-7-12)15-9-8-11-4-1-2-5-11/h4,12-13,15H,1-3,5-10,14H2. The van der Waals surface area contributed by atoms with Crippen LogP contribution < -0.4 is 11.1 Å². The van der Waals surface area contributed by atoms with Crippen LogP contribution in [-0.4, -0.2) is 19.1 Å². The number of rotatable bonds is 6. The first-order chi connectivity index (χ1) is 7.40. The Morgan fingerprint density at radius 2 is 2.27 bits per heavy atom. The van der Waals surface area contributed by atoms with Gasteiger partial charge in [-0.1, -0.05) is 18.1 Å². The third kappa shape index (κ3) is 3.05. The predicted octanol–water partition coefficient (Wildman–Crippen LogP) is 2.20. The Bertz CT molecular complexity index is 219. The molecule has 0 aliphatic heterocycles. The van der Waals surface area contributed by atoms with Crippen molar-refractivity contribution in [1.82, 2.24) is 5.32 Å². The molecule has 0 aromatic rings. The van der Waals surface area contributed by atoms with Crippen molar-refractivity contribution in [2.24, 2.45) is 11.7 Å². The van der Waals surface area contributed by atoms with Crippen molar-refractivity contribution in [3.63, 3.8) is 0 Å². The van der Waals surface area contributed by atoms with Crippen LogP contribution in [0.3, 0.4) is 0 Å². The van der Waals surface area contributed by atoms with Crippen molar-refractivity contribution < 1.29 is 0 Å². The SMILES string of the molecule is NCC(NCCC1=CCCC1)C1CCC1. The Kier molecular flexibility index (Phi) is 4.21. The van der Waals surface area contributed by atoms with E-state index in [4.69, 9.17) is 5.73 Å². The first-order valence-electron chi connectivity index (χ1n) is 6.51. The van der Waals surface area contributed by atoms with Crippen LogP contribution in [0.25, 0.3) is 0 Å². The largest absolute Gasteiger partial charge is 0.329 e. The minimum Gasteiger partial charge on any atom is -0.329 e. The number of allylic oxidation sites excluding steroid dienone is 1. The van der Waals surface area contributed by atoms with Gasteiger partial charge in [-0.2, -0.15) is 0 Å². The molecule has 0 radical (unpaired) electrons. The zero-order chi connectivity index (χ0) is 10.5. The van der Waals surface area contributed by atoms with Gasteiger partial charge in [-0.05, 0) is 51.0 Å². The van der Waals surface area contributed by atoms with Crippen LogP contribution >= 0.6 is 0 Å². The molecule has 0 amide bonds. The molecule has 3 N–H and O–H groups in total. The average molecular weight is 208 g/mol. The Labute approximate surface area is 93.3 Å². The minimum absolute atomic E-state index is 0.584. The van der Waals surface area contributed by atoms with Gasteiger partial charge in [0.05, 0.1) is 0 Å². The molecule has 2 heteroatoms. The van der Waals surface area contributed by atoms with Crippen LogP contribution in [0.5, 0.6) is 0 Å². The lowest BCUT2D eigenvalue weighted by molar-refractivity contribution is 0.233. The number of nitrogens with two attached hydrogens (primary N) is 1. The molecule has 0 saturated heterocycles. The highest BCUT2D eigenvalue weighted by atomic mass is 14.9. The number of hydrogen-bond donors (Lipinski definition) is 2. The summed E-state index contributed by atoms with van der Waals surface area (Å²) in [5.41, 5.74) is 7.46. The minimum atomic E-state index is 0.584. The van der Waals surface area contributed by atoms with Crippen molar-refractivity contribution in [1.29, 1.82) is 0 Å². The molecule has 2 aliphatic carbocycles. The van der Waals surface area contributed by atoms with Gasteiger partial charge < -0.3 is 11.1 Å². The fourth-order valence-corrected chi connectivity index (χ4v) is 2.67. The summed E-state index contributed by atoms with van der Waals surface area (Å²) in [6.07, 6.45) is 11.9. The Morgan fingerprint density at radius 1 is 1.40 bits per heavy atom. The lowest BCUT2D eigenvalue weighted by Gasteiger charge is -2.33. The quantitative estimate of drug-likeness (QED) is 0.657. The summed E-state index contributed by atoms with van der Waals surface area (Å²) in [7, 11) is 0. The molecule has 1 unspecified atom stereocenters. The highest BCUT2D eigenvalue weighted by molar-refractivity contribution is 5.07. The second-order valence-corrected chi connectivity index (χ2v) is 4.99. The van der Waals surface area contributed by atoms with E-state index >= 15 is 0 Å². The van der Waals surface area contributed by atoms with Gasteiger partial charge in [-0.25, -0.2) is 0 Å². The van der Waals surface area contributed by atoms with E-state index in [1.165, 1.54) is 44.9 Å². The zero-order valence-corrected chi connectivity index (χ0v) is 9.67. The molecule has 2 nitrogen and oxygen atoms in total. The zero-order valence-electron chi connectivity index (χ0n) is 9.67. The second kappa shape index (κ2) is 5.66. The fraction of sp³-hybridized carbons (Fsp3) is 0.846. The van der Waals surface area contributed by atoms with E-state index in [9.17, 15) is 0 Å². The average Bonchev–Trinajstić information content (AvgIpc) is 2.66. The van der Waals surface area contributed by atoms with Gasteiger partial charge in [0.15, 0.2) is 0 Å². The van der Waals surface area contributed by atoms with E-state index in [2.05, 4.69) is 11.4 Å². The predicted molar refractivity (Wildman–Crippen MR) is 64.7 cm³/mol. The molecule has 0 bridgehead atoms. The van der Waals surface area contributed by atoms with Crippen molar-refractivity contribution >= 4 is 0 Å². The van der Waals surface area contributed by atoms with Gasteiger partial charge in [0.25, 0.3) is 0 Å². The van der Waals surface area contributed by atoms with Crippen LogP contribution in [0.15, 0.2) is 11.6 Å². The maximum absolute atomic E-state index is 5.80. The molecule has 2 rings (SSSR count). The van der Waals surface area contributed by atoms with E-state index in [0.717, 1.165) is 19.0 Å². The lowest BCUT2D eigenvalue weighted by atomic mass is 9.79. The Hall–Kier alpha value is -0.340. The third-order valence-corrected chi connectivity index (χ3v) is 3.96. The van der Waals surface area contributed by atoms with Gasteiger partial charge in [0, 0.05) is 12.6 Å². The van der Waals surface area contributed by atoms with Crippen LogP contribution in [-0.2, 0) is 0 Å². The molecular formula is C13H24N2. The highest BCUT2D eigenvalue weighted by Gasteiger charge is 2.25. The van der Waals surface area contributed by atoms with E-state index < -0.39 is 0 Å². The van der Waals surface area contributed by atoms with E-state index in [1.54, 1.807) is 5.57 Å². The molecule has 1 saturated carbocycles. The summed E-state index contributed by atoms with van der Waals surface area (Å²) in [4.78, 5) is 0. The van der Waals surface area contributed by atoms with E-state index in [0.29, 0.717) is 6.04 Å². The molecule has 0 aromatic heterocycles. The molecule has 2 aliphatic rings. The topological polar surface area (TPSA) is 38.0 Å². The van der Waals surface area contributed by atoms with Crippen LogP contribution in [0.1, 0.15) is 44.9 Å². The maximum atomic E-state index is 5.80. The molecule has 0 heterocycles. The van der Waals surface area contributed by atoms with Crippen LogP contribution in [0.2, 0.25) is 0 Å². The summed E-state index contributed by atoms with van der Waals surface area (Å²) in [5.74, 6) is 0.868. The summed E-state index contributed by atoms with van der Waals surface area (Å²) in [6.45, 7) is 1.94. The smallest absolute Gasteiger partial charge is 0.0218 e. The summed E-state index contributed by atoms with van der Waals surface area (Å²) in [6, 6.07) is 0.584. The molecule has 1 fully saturated rings. The van der Waals surface area contributed by atoms with Gasteiger partial charge in [0.1, 0.15) is 0 Å². The van der Waals surface area contributed by atoms with Gasteiger partial charge in [0.2, 0.25) is 0 Å². The third-order valence-electron chi connectivity index (χ3n) is 3.96. The van der Waals surface area contributed by atoms with Gasteiger partial charge >= 0.3 is 0 Å². The molecule has 0 aromatic carbocycles. The van der Waals surface area contributed by atoms with E-state index in [1.807, 2.05) is 0 Å². The van der Waals surface area contributed by atoms with Gasteiger partial charge in [-0.3, -0.25) is 0 Å². The van der Waals surface area contributed by atoms with Crippen molar-refractivity contribution in [3.8, 4) is 0 Å². The molecule has 86 valence electrons. The molecule has 1 atom stereocenters. The summed E-state index contributed by atoms with van der Waals surface area (Å²) in [5, 5.41) is 3.63. The Morgan fingerprint density at radius 3 is 2.80 bits per heavy atom. The molecule has 15 heavy (non-hydrogen) atoms. The summed E-state index contributed by atoms with van der Waals surface area (Å²) < 4.78 is 0. The van der Waals surface area contributed by atoms with E-state index in [-0.39, 0.29) is 0 Å². The fourth-order valence-electron chi connectivity index (χ4n) is 2.67. The normalized spacial score (nSPS) is 23.7. The lowest BCUT2D eigenvalue weighted by Crippen LogP contribution is -2.45. The van der Waals surface area contributed by atoms with Crippen LogP contribution in [0, 0.1) is 5.92 Å². The number of nitrogens with one attached hydrogen (secondary N) is 1. The van der Waals surface area contributed by atoms with Crippen molar-refractivity contribution in [2.75, 3.05) is 13.1 Å². The van der Waals surface area contributed by atoms with Gasteiger partial charge in [-0.15, -0.1) is 0 Å². The van der Waals surface area contributed by atoms with Crippen molar-refractivity contribution in [3.05, 3.63) is 11.6 Å².